The molecule has 1 heterocycles. The molecule has 0 bridgehead atoms. The molecule has 0 aliphatic carbocycles. The summed E-state index contributed by atoms with van der Waals surface area (Å²) in [6.45, 7) is 2.54. The van der Waals surface area contributed by atoms with E-state index in [0.29, 0.717) is 30.0 Å². The molecule has 4 aromatic rings. The number of hydrogen-bond donors (Lipinski definition) is 0. The topological polar surface area (TPSA) is 53.4 Å². The quantitative estimate of drug-likeness (QED) is 0.255. The minimum Gasteiger partial charge on any atom is -0.496 e. The molecule has 0 aliphatic rings. The summed E-state index contributed by atoms with van der Waals surface area (Å²) >= 11 is 1.57. The number of fused-ring (bicyclic) bond motifs is 1. The zero-order valence-corrected chi connectivity index (χ0v) is 18.7. The molecule has 0 amide bonds. The van der Waals surface area contributed by atoms with Crippen LogP contribution in [0.3, 0.4) is 0 Å². The zero-order chi connectivity index (χ0) is 22.5. The Morgan fingerprint density at radius 1 is 1.09 bits per heavy atom. The fourth-order valence-electron chi connectivity index (χ4n) is 3.49. The molecule has 0 unspecified atom stereocenters. The SMILES string of the molecule is CCOC(=O)c1ccc2c(c1)nc(SCc1ccccc1OC)n2Cc1cccc(F)c1. The first-order chi connectivity index (χ1) is 15.6. The summed E-state index contributed by atoms with van der Waals surface area (Å²) < 4.78 is 26.4. The molecule has 0 radical (unpaired) electrons. The molecule has 164 valence electrons. The van der Waals surface area contributed by atoms with E-state index < -0.39 is 0 Å². The third-order valence-corrected chi connectivity index (χ3v) is 6.03. The van der Waals surface area contributed by atoms with Gasteiger partial charge in [-0.2, -0.15) is 0 Å². The molecule has 0 aliphatic heterocycles. The molecule has 1 aromatic heterocycles. The van der Waals surface area contributed by atoms with Crippen LogP contribution in [0.2, 0.25) is 0 Å². The molecule has 0 saturated carbocycles. The Kier molecular flexibility index (Phi) is 6.75. The lowest BCUT2D eigenvalue weighted by atomic mass is 10.2. The monoisotopic (exact) mass is 450 g/mol. The number of methoxy groups -OCH3 is 1. The number of para-hydroxylation sites is 1. The molecule has 0 fully saturated rings. The maximum absolute atomic E-state index is 13.8. The highest BCUT2D eigenvalue weighted by atomic mass is 32.2. The second-order valence-corrected chi connectivity index (χ2v) is 8.08. The maximum Gasteiger partial charge on any atom is 0.338 e. The van der Waals surface area contributed by atoms with E-state index in [4.69, 9.17) is 14.5 Å². The summed E-state index contributed by atoms with van der Waals surface area (Å²) in [4.78, 5) is 17.0. The number of nitrogens with zero attached hydrogens (tertiary/aromatic N) is 2. The van der Waals surface area contributed by atoms with Crippen molar-refractivity contribution in [2.75, 3.05) is 13.7 Å². The number of carbonyl (C=O) groups is 1. The average molecular weight is 451 g/mol. The van der Waals surface area contributed by atoms with Gasteiger partial charge in [0, 0.05) is 11.3 Å². The molecular weight excluding hydrogens is 427 g/mol. The third kappa shape index (κ3) is 4.78. The molecule has 4 rings (SSSR count). The van der Waals surface area contributed by atoms with E-state index in [1.807, 2.05) is 41.0 Å². The Morgan fingerprint density at radius 3 is 2.72 bits per heavy atom. The van der Waals surface area contributed by atoms with E-state index >= 15 is 0 Å². The lowest BCUT2D eigenvalue weighted by Crippen LogP contribution is -2.05. The van der Waals surface area contributed by atoms with Crippen LogP contribution in [0.4, 0.5) is 4.39 Å². The molecule has 0 atom stereocenters. The highest BCUT2D eigenvalue weighted by molar-refractivity contribution is 7.98. The molecule has 0 N–H and O–H groups in total. The molecule has 7 heteroatoms. The van der Waals surface area contributed by atoms with Crippen molar-refractivity contribution in [3.63, 3.8) is 0 Å². The van der Waals surface area contributed by atoms with Gasteiger partial charge in [0.1, 0.15) is 11.6 Å². The van der Waals surface area contributed by atoms with Gasteiger partial charge < -0.3 is 14.0 Å². The number of aromatic nitrogens is 2. The molecule has 0 spiro atoms. The lowest BCUT2D eigenvalue weighted by Gasteiger charge is -2.11. The van der Waals surface area contributed by atoms with Crippen molar-refractivity contribution in [3.8, 4) is 5.75 Å². The second kappa shape index (κ2) is 9.87. The van der Waals surface area contributed by atoms with E-state index in [2.05, 4.69) is 0 Å². The van der Waals surface area contributed by atoms with Gasteiger partial charge in [0.25, 0.3) is 0 Å². The summed E-state index contributed by atoms with van der Waals surface area (Å²) in [5.41, 5.74) is 3.89. The molecule has 3 aromatic carbocycles. The number of esters is 1. The lowest BCUT2D eigenvalue weighted by molar-refractivity contribution is 0.0526. The van der Waals surface area contributed by atoms with Crippen LogP contribution in [0, 0.1) is 5.82 Å². The van der Waals surface area contributed by atoms with Gasteiger partial charge in [-0.3, -0.25) is 0 Å². The minimum atomic E-state index is -0.377. The van der Waals surface area contributed by atoms with Gasteiger partial charge in [-0.15, -0.1) is 0 Å². The Morgan fingerprint density at radius 2 is 1.94 bits per heavy atom. The van der Waals surface area contributed by atoms with E-state index in [0.717, 1.165) is 27.5 Å². The van der Waals surface area contributed by atoms with Crippen molar-refractivity contribution < 1.29 is 18.7 Å². The summed E-state index contributed by atoms with van der Waals surface area (Å²) in [5, 5.41) is 0.774. The first kappa shape index (κ1) is 21.9. The number of hydrogen-bond acceptors (Lipinski definition) is 5. The Bertz CT molecular complexity index is 1260. The van der Waals surface area contributed by atoms with Crippen LogP contribution in [0.25, 0.3) is 11.0 Å². The molecule has 5 nitrogen and oxygen atoms in total. The fourth-order valence-corrected chi connectivity index (χ4v) is 4.50. The van der Waals surface area contributed by atoms with Gasteiger partial charge in [0.2, 0.25) is 0 Å². The molecule has 0 saturated heterocycles. The number of thioether (sulfide) groups is 1. The minimum absolute atomic E-state index is 0.278. The normalized spacial score (nSPS) is 11.0. The van der Waals surface area contributed by atoms with Gasteiger partial charge in [0.05, 0.1) is 36.9 Å². The van der Waals surface area contributed by atoms with Crippen LogP contribution in [-0.2, 0) is 17.0 Å². The van der Waals surface area contributed by atoms with Gasteiger partial charge >= 0.3 is 5.97 Å². The number of imidazole rings is 1. The Labute approximate surface area is 190 Å². The van der Waals surface area contributed by atoms with E-state index in [1.54, 1.807) is 44.0 Å². The van der Waals surface area contributed by atoms with Crippen molar-refractivity contribution in [2.45, 2.75) is 24.4 Å². The predicted octanol–water partition coefficient (Wildman–Crippen LogP) is 5.70. The first-order valence-electron chi connectivity index (χ1n) is 10.3. The van der Waals surface area contributed by atoms with E-state index in [1.165, 1.54) is 12.1 Å². The van der Waals surface area contributed by atoms with Crippen LogP contribution in [0.15, 0.2) is 71.9 Å². The summed E-state index contributed by atoms with van der Waals surface area (Å²) in [5.74, 6) is 0.816. The van der Waals surface area contributed by atoms with E-state index in [-0.39, 0.29) is 11.8 Å². The average Bonchev–Trinajstić information content (AvgIpc) is 3.14. The highest BCUT2D eigenvalue weighted by Crippen LogP contribution is 2.31. The maximum atomic E-state index is 13.8. The summed E-state index contributed by atoms with van der Waals surface area (Å²) in [6.07, 6.45) is 0. The van der Waals surface area contributed by atoms with E-state index in [9.17, 15) is 9.18 Å². The number of rotatable bonds is 8. The first-order valence-corrected chi connectivity index (χ1v) is 11.2. The summed E-state index contributed by atoms with van der Waals surface area (Å²) in [7, 11) is 1.65. The van der Waals surface area contributed by atoms with Gasteiger partial charge in [-0.1, -0.05) is 42.1 Å². The Hall–Kier alpha value is -3.32. The van der Waals surface area contributed by atoms with Crippen LogP contribution in [0.5, 0.6) is 5.75 Å². The van der Waals surface area contributed by atoms with Crippen molar-refractivity contribution in [2.24, 2.45) is 0 Å². The predicted molar refractivity (Wildman–Crippen MR) is 124 cm³/mol. The fraction of sp³-hybridized carbons (Fsp3) is 0.200. The van der Waals surface area contributed by atoms with Crippen LogP contribution in [0.1, 0.15) is 28.4 Å². The smallest absolute Gasteiger partial charge is 0.338 e. The van der Waals surface area contributed by atoms with Gasteiger partial charge in [0.15, 0.2) is 5.16 Å². The number of benzene rings is 3. The second-order valence-electron chi connectivity index (χ2n) is 7.13. The zero-order valence-electron chi connectivity index (χ0n) is 17.9. The van der Waals surface area contributed by atoms with Gasteiger partial charge in [-0.05, 0) is 48.9 Å². The summed E-state index contributed by atoms with van der Waals surface area (Å²) in [6, 6.07) is 19.7. The van der Waals surface area contributed by atoms with Crippen LogP contribution < -0.4 is 4.74 Å². The Balaban J connectivity index is 1.72. The molecular formula is C25H23FN2O3S. The third-order valence-electron chi connectivity index (χ3n) is 5.00. The van der Waals surface area contributed by atoms with Crippen molar-refractivity contribution in [1.82, 2.24) is 9.55 Å². The number of carbonyl (C=O) groups excluding carboxylic acids is 1. The van der Waals surface area contributed by atoms with Crippen LogP contribution in [-0.4, -0.2) is 29.2 Å². The van der Waals surface area contributed by atoms with Crippen molar-refractivity contribution >= 4 is 28.8 Å². The standard InChI is InChI=1S/C25H23FN2O3S/c1-3-31-24(29)18-11-12-22-21(14-18)27-25(28(22)15-17-7-6-9-20(26)13-17)32-16-19-8-4-5-10-23(19)30-2/h4-14H,3,15-16H2,1-2H3. The van der Waals surface area contributed by atoms with Crippen LogP contribution >= 0.6 is 11.8 Å². The number of ether oxygens (including phenoxy) is 2. The van der Waals surface area contributed by atoms with Crippen molar-refractivity contribution in [3.05, 3.63) is 89.2 Å². The number of halogens is 1. The molecule has 32 heavy (non-hydrogen) atoms. The highest BCUT2D eigenvalue weighted by Gasteiger charge is 2.16. The van der Waals surface area contributed by atoms with Crippen molar-refractivity contribution in [1.29, 1.82) is 0 Å². The largest absolute Gasteiger partial charge is 0.496 e. The van der Waals surface area contributed by atoms with Gasteiger partial charge in [-0.25, -0.2) is 14.2 Å².